The Kier molecular flexibility index (Phi) is 6.60. The second kappa shape index (κ2) is 9.33. The van der Waals surface area contributed by atoms with Gasteiger partial charge in [0, 0.05) is 17.5 Å². The van der Waals surface area contributed by atoms with E-state index in [2.05, 4.69) is 41.5 Å². The van der Waals surface area contributed by atoms with Gasteiger partial charge in [0.25, 0.3) is 0 Å². The van der Waals surface area contributed by atoms with Crippen LogP contribution in [0.4, 0.5) is 0 Å². The number of carbonyl (C=O) groups is 1. The molecule has 0 saturated carbocycles. The quantitative estimate of drug-likeness (QED) is 0.634. The van der Waals surface area contributed by atoms with Gasteiger partial charge in [-0.2, -0.15) is 0 Å². The summed E-state index contributed by atoms with van der Waals surface area (Å²) in [5.41, 5.74) is 3.50. The fourth-order valence-corrected chi connectivity index (χ4v) is 3.61. The molecule has 3 rings (SSSR count). The van der Waals surface area contributed by atoms with Gasteiger partial charge >= 0.3 is 0 Å². The van der Waals surface area contributed by atoms with E-state index >= 15 is 0 Å². The molecule has 0 saturated heterocycles. The molecular formula is C22H24N2O2S. The van der Waals surface area contributed by atoms with Crippen LogP contribution in [-0.2, 0) is 24.2 Å². The largest absolute Gasteiger partial charge is 0.494 e. The molecular weight excluding hydrogens is 356 g/mol. The number of nitrogens with zero attached hydrogens (tertiary/aromatic N) is 1. The Morgan fingerprint density at radius 3 is 2.48 bits per heavy atom. The molecule has 0 radical (unpaired) electrons. The maximum atomic E-state index is 12.2. The van der Waals surface area contributed by atoms with Crippen molar-refractivity contribution in [2.45, 2.75) is 33.2 Å². The van der Waals surface area contributed by atoms with Crippen molar-refractivity contribution in [2.24, 2.45) is 0 Å². The average Bonchev–Trinajstić information content (AvgIpc) is 3.11. The van der Waals surface area contributed by atoms with E-state index in [1.807, 2.05) is 37.4 Å². The third-order valence-corrected chi connectivity index (χ3v) is 5.13. The first kappa shape index (κ1) is 19.1. The maximum absolute atomic E-state index is 12.2. The highest BCUT2D eigenvalue weighted by Crippen LogP contribution is 2.18. The van der Waals surface area contributed by atoms with Gasteiger partial charge in [0.15, 0.2) is 0 Å². The number of hydrogen-bond acceptors (Lipinski definition) is 4. The van der Waals surface area contributed by atoms with Crippen LogP contribution in [0.3, 0.4) is 0 Å². The van der Waals surface area contributed by atoms with Crippen LogP contribution in [0.2, 0.25) is 0 Å². The van der Waals surface area contributed by atoms with E-state index in [4.69, 9.17) is 4.74 Å². The zero-order valence-electron chi connectivity index (χ0n) is 15.7. The Labute approximate surface area is 164 Å². The third kappa shape index (κ3) is 5.93. The second-order valence-electron chi connectivity index (χ2n) is 6.41. The van der Waals surface area contributed by atoms with Crippen molar-refractivity contribution in [3.05, 3.63) is 81.3 Å². The zero-order valence-corrected chi connectivity index (χ0v) is 16.5. The van der Waals surface area contributed by atoms with Crippen molar-refractivity contribution in [1.29, 1.82) is 0 Å². The molecule has 0 fully saturated rings. The van der Waals surface area contributed by atoms with Gasteiger partial charge in [-0.15, -0.1) is 11.3 Å². The van der Waals surface area contributed by atoms with Gasteiger partial charge in [0.05, 0.1) is 19.6 Å². The summed E-state index contributed by atoms with van der Waals surface area (Å²) in [5.74, 6) is 0.819. The molecule has 1 aromatic heterocycles. The standard InChI is InChI=1S/C22H24N2O2S/c1-3-26-19-10-8-18(9-11-19)13-21(25)23-15-22-24-14-20(27-22)12-17-6-4-16(2)5-7-17/h4-11,14H,3,12-13,15H2,1-2H3,(H,23,25). The molecule has 4 nitrogen and oxygen atoms in total. The number of nitrogens with one attached hydrogen (secondary N) is 1. The lowest BCUT2D eigenvalue weighted by atomic mass is 10.1. The number of benzene rings is 2. The van der Waals surface area contributed by atoms with Crippen molar-refractivity contribution >= 4 is 17.2 Å². The summed E-state index contributed by atoms with van der Waals surface area (Å²) in [6.07, 6.45) is 3.13. The number of aryl methyl sites for hydroxylation is 1. The Morgan fingerprint density at radius 2 is 1.78 bits per heavy atom. The topological polar surface area (TPSA) is 51.2 Å². The number of ether oxygens (including phenoxy) is 1. The number of thiazole rings is 1. The van der Waals surface area contributed by atoms with E-state index in [0.717, 1.165) is 22.7 Å². The molecule has 5 heteroatoms. The highest BCUT2D eigenvalue weighted by molar-refractivity contribution is 7.11. The average molecular weight is 381 g/mol. The highest BCUT2D eigenvalue weighted by Gasteiger charge is 2.07. The smallest absolute Gasteiger partial charge is 0.224 e. The van der Waals surface area contributed by atoms with Gasteiger partial charge in [-0.25, -0.2) is 4.98 Å². The number of amides is 1. The zero-order chi connectivity index (χ0) is 19.1. The Balaban J connectivity index is 1.47. The summed E-state index contributed by atoms with van der Waals surface area (Å²) in [7, 11) is 0. The summed E-state index contributed by atoms with van der Waals surface area (Å²) in [5, 5.41) is 3.88. The van der Waals surface area contributed by atoms with Gasteiger partial charge in [0.2, 0.25) is 5.91 Å². The summed E-state index contributed by atoms with van der Waals surface area (Å²) < 4.78 is 5.41. The first-order chi connectivity index (χ1) is 13.1. The van der Waals surface area contributed by atoms with Crippen molar-refractivity contribution in [2.75, 3.05) is 6.61 Å². The first-order valence-corrected chi connectivity index (χ1v) is 9.91. The van der Waals surface area contributed by atoms with Gasteiger partial charge in [-0.1, -0.05) is 42.0 Å². The van der Waals surface area contributed by atoms with Gasteiger partial charge < -0.3 is 10.1 Å². The SMILES string of the molecule is CCOc1ccc(CC(=O)NCc2ncc(Cc3ccc(C)cc3)s2)cc1. The Morgan fingerprint density at radius 1 is 1.07 bits per heavy atom. The molecule has 1 heterocycles. The monoisotopic (exact) mass is 380 g/mol. The van der Waals surface area contributed by atoms with E-state index in [1.54, 1.807) is 11.3 Å². The van der Waals surface area contributed by atoms with E-state index < -0.39 is 0 Å². The maximum Gasteiger partial charge on any atom is 0.224 e. The molecule has 0 aliphatic carbocycles. The lowest BCUT2D eigenvalue weighted by Gasteiger charge is -2.05. The van der Waals surface area contributed by atoms with Crippen LogP contribution in [0.5, 0.6) is 5.75 Å². The van der Waals surface area contributed by atoms with Crippen molar-refractivity contribution in [3.8, 4) is 5.75 Å². The summed E-state index contributed by atoms with van der Waals surface area (Å²) in [6, 6.07) is 16.2. The van der Waals surface area contributed by atoms with Crippen molar-refractivity contribution < 1.29 is 9.53 Å². The Hall–Kier alpha value is -2.66. The molecule has 27 heavy (non-hydrogen) atoms. The van der Waals surface area contributed by atoms with Crippen LogP contribution in [0.25, 0.3) is 0 Å². The molecule has 0 unspecified atom stereocenters. The van der Waals surface area contributed by atoms with Crippen LogP contribution in [-0.4, -0.2) is 17.5 Å². The van der Waals surface area contributed by atoms with E-state index in [9.17, 15) is 4.79 Å². The van der Waals surface area contributed by atoms with Gasteiger partial charge in [0.1, 0.15) is 10.8 Å². The van der Waals surface area contributed by atoms with Crippen molar-refractivity contribution in [1.82, 2.24) is 10.3 Å². The molecule has 1 amide bonds. The molecule has 0 spiro atoms. The fourth-order valence-electron chi connectivity index (χ4n) is 2.71. The lowest BCUT2D eigenvalue weighted by Crippen LogP contribution is -2.24. The van der Waals surface area contributed by atoms with Crippen LogP contribution < -0.4 is 10.1 Å². The minimum atomic E-state index is -0.00514. The van der Waals surface area contributed by atoms with Crippen LogP contribution >= 0.6 is 11.3 Å². The molecule has 1 N–H and O–H groups in total. The molecule has 0 atom stereocenters. The molecule has 140 valence electrons. The van der Waals surface area contributed by atoms with E-state index in [0.29, 0.717) is 19.6 Å². The van der Waals surface area contributed by atoms with E-state index in [1.165, 1.54) is 16.0 Å². The molecule has 0 aliphatic heterocycles. The summed E-state index contributed by atoms with van der Waals surface area (Å²) in [6.45, 7) is 5.14. The number of carbonyl (C=O) groups excluding carboxylic acids is 1. The minimum absolute atomic E-state index is 0.00514. The Bertz CT molecular complexity index is 870. The minimum Gasteiger partial charge on any atom is -0.494 e. The number of rotatable bonds is 8. The highest BCUT2D eigenvalue weighted by atomic mass is 32.1. The molecule has 0 aliphatic rings. The van der Waals surface area contributed by atoms with Gasteiger partial charge in [-0.3, -0.25) is 4.79 Å². The van der Waals surface area contributed by atoms with Gasteiger partial charge in [-0.05, 0) is 37.1 Å². The second-order valence-corrected chi connectivity index (χ2v) is 7.61. The summed E-state index contributed by atoms with van der Waals surface area (Å²) in [4.78, 5) is 17.8. The van der Waals surface area contributed by atoms with Crippen LogP contribution in [0, 0.1) is 6.92 Å². The third-order valence-electron chi connectivity index (χ3n) is 4.14. The van der Waals surface area contributed by atoms with Crippen LogP contribution in [0.1, 0.15) is 33.5 Å². The summed E-state index contributed by atoms with van der Waals surface area (Å²) >= 11 is 1.65. The molecule has 3 aromatic rings. The first-order valence-electron chi connectivity index (χ1n) is 9.10. The molecule has 2 aromatic carbocycles. The fraction of sp³-hybridized carbons (Fsp3) is 0.273. The normalized spacial score (nSPS) is 10.6. The number of hydrogen-bond donors (Lipinski definition) is 1. The van der Waals surface area contributed by atoms with Crippen molar-refractivity contribution in [3.63, 3.8) is 0 Å². The van der Waals surface area contributed by atoms with E-state index in [-0.39, 0.29) is 5.91 Å². The van der Waals surface area contributed by atoms with Crippen LogP contribution in [0.15, 0.2) is 54.7 Å². The number of aromatic nitrogens is 1. The predicted octanol–water partition coefficient (Wildman–Crippen LogP) is 4.30. The lowest BCUT2D eigenvalue weighted by molar-refractivity contribution is -0.120. The predicted molar refractivity (Wildman–Crippen MR) is 109 cm³/mol. The molecule has 0 bridgehead atoms.